The average Bonchev–Trinajstić information content (AvgIpc) is 3.88. The molecule has 0 bridgehead atoms. The summed E-state index contributed by atoms with van der Waals surface area (Å²) in [5, 5.41) is 7.18. The van der Waals surface area contributed by atoms with E-state index in [1.807, 2.05) is 42.7 Å². The Labute approximate surface area is 440 Å². The molecule has 0 saturated heterocycles. The minimum Gasteiger partial charge on any atom is -0.255 e. The van der Waals surface area contributed by atoms with Crippen LogP contribution in [-0.4, -0.2) is 19.9 Å². The molecular weight excluding hydrogens is 921 g/mol. The highest BCUT2D eigenvalue weighted by atomic mass is 14.8. The zero-order valence-corrected chi connectivity index (χ0v) is 41.2. The van der Waals surface area contributed by atoms with Crippen LogP contribution in [0.15, 0.2) is 267 Å². The first-order valence-electron chi connectivity index (χ1n) is 25.8. The lowest BCUT2D eigenvalue weighted by Crippen LogP contribution is -1.93. The van der Waals surface area contributed by atoms with Crippen LogP contribution < -0.4 is 0 Å². The van der Waals surface area contributed by atoms with E-state index in [1.54, 1.807) is 0 Å². The van der Waals surface area contributed by atoms with Gasteiger partial charge in [-0.15, -0.1) is 0 Å². The Hall–Kier alpha value is -10.2. The van der Waals surface area contributed by atoms with E-state index in [-0.39, 0.29) is 0 Å². The molecule has 4 aromatic heterocycles. The molecule has 0 radical (unpaired) electrons. The number of hydrogen-bond donors (Lipinski definition) is 0. The van der Waals surface area contributed by atoms with Crippen LogP contribution in [0.5, 0.6) is 0 Å². The molecule has 0 amide bonds. The number of fused-ring (bicyclic) bond motifs is 7. The second-order valence-corrected chi connectivity index (χ2v) is 19.7. The zero-order valence-electron chi connectivity index (χ0n) is 41.2. The van der Waals surface area contributed by atoms with Crippen LogP contribution in [0.3, 0.4) is 0 Å². The van der Waals surface area contributed by atoms with Crippen LogP contribution in [0.4, 0.5) is 0 Å². The van der Waals surface area contributed by atoms with Gasteiger partial charge in [0.1, 0.15) is 0 Å². The summed E-state index contributed by atoms with van der Waals surface area (Å²) in [5.41, 5.74) is 24.4. The van der Waals surface area contributed by atoms with Gasteiger partial charge < -0.3 is 0 Å². The van der Waals surface area contributed by atoms with Gasteiger partial charge in [-0.3, -0.25) is 9.97 Å². The van der Waals surface area contributed by atoms with Gasteiger partial charge in [0.25, 0.3) is 0 Å². The van der Waals surface area contributed by atoms with E-state index in [4.69, 9.17) is 15.0 Å². The first-order chi connectivity index (χ1) is 37.7. The molecule has 0 N–H and O–H groups in total. The lowest BCUT2D eigenvalue weighted by molar-refractivity contribution is 1.25. The smallest absolute Gasteiger partial charge is 0.0972 e. The highest BCUT2D eigenvalue weighted by Crippen LogP contribution is 2.58. The van der Waals surface area contributed by atoms with E-state index in [0.29, 0.717) is 0 Å². The molecule has 4 heterocycles. The summed E-state index contributed by atoms with van der Waals surface area (Å²) in [5.74, 6) is 0. The Kier molecular flexibility index (Phi) is 10.2. The zero-order chi connectivity index (χ0) is 50.1. The Morgan fingerprint density at radius 2 is 0.724 bits per heavy atom. The second kappa shape index (κ2) is 17.8. The summed E-state index contributed by atoms with van der Waals surface area (Å²) >= 11 is 0. The third-order valence-electron chi connectivity index (χ3n) is 15.3. The van der Waals surface area contributed by atoms with Gasteiger partial charge in [-0.05, 0) is 154 Å². The Balaban J connectivity index is 0.900. The maximum absolute atomic E-state index is 5.19. The van der Waals surface area contributed by atoms with E-state index in [2.05, 4.69) is 229 Å². The van der Waals surface area contributed by atoms with E-state index in [0.717, 1.165) is 83.5 Å². The largest absolute Gasteiger partial charge is 0.255 e. The number of hydrogen-bond acceptors (Lipinski definition) is 4. The van der Waals surface area contributed by atoms with Crippen molar-refractivity contribution in [2.75, 3.05) is 0 Å². The van der Waals surface area contributed by atoms with E-state index >= 15 is 0 Å². The fourth-order valence-electron chi connectivity index (χ4n) is 11.8. The Bertz CT molecular complexity index is 4500. The molecule has 4 heteroatoms. The molecular formula is C72H44N4. The standard InChI is InChI=1S/C72H44N4/c1-3-14-49(15-4-1)66-58-19-7-8-20-59(58)67(50-16-5-2-6-17-50)70-61-38-37-56(57-21-11-22-60(68(57)61)69(66)70)55-43-53(45-26-30-47(31-27-45)62-24-12-25-65(75-62)64-23-9-10-40-73-64)42-54(44-55)46-28-32-48(33-29-46)63-39-36-52-35-34-51-18-13-41-74-71(51)72(52)76-63/h1-44H. The quantitative estimate of drug-likeness (QED) is 0.142. The molecule has 15 rings (SSSR count). The number of rotatable bonds is 8. The normalized spacial score (nSPS) is 11.7. The number of nitrogens with zero attached hydrogens (tertiary/aromatic N) is 4. The third-order valence-corrected chi connectivity index (χ3v) is 15.3. The molecule has 0 unspecified atom stereocenters. The maximum atomic E-state index is 5.19. The fourth-order valence-corrected chi connectivity index (χ4v) is 11.8. The summed E-state index contributed by atoms with van der Waals surface area (Å²) < 4.78 is 0. The van der Waals surface area contributed by atoms with Gasteiger partial charge in [-0.25, -0.2) is 9.97 Å². The van der Waals surface area contributed by atoms with Gasteiger partial charge in [0.2, 0.25) is 0 Å². The SMILES string of the molecule is c1ccc(-c2c3c(c(-c4ccccc4)c4ccccc24)-c2ccc(-c4cc(-c5ccc(-c6cccc(-c7ccccn7)n6)cc5)cc(-c5ccc(-c6ccc7ccc8cccnc8c7n6)cc5)c4)c4cccc-3c24)cc1. The molecule has 0 saturated carbocycles. The summed E-state index contributed by atoms with van der Waals surface area (Å²) in [4.78, 5) is 19.5. The van der Waals surface area contributed by atoms with Crippen molar-refractivity contribution >= 4 is 43.4 Å². The van der Waals surface area contributed by atoms with Crippen LogP contribution in [0, 0.1) is 0 Å². The summed E-state index contributed by atoms with van der Waals surface area (Å²) in [6, 6.07) is 92.0. The lowest BCUT2D eigenvalue weighted by Gasteiger charge is -2.20. The van der Waals surface area contributed by atoms with Crippen molar-refractivity contribution in [2.24, 2.45) is 0 Å². The molecule has 0 fully saturated rings. The minimum absolute atomic E-state index is 0.849. The minimum atomic E-state index is 0.849. The maximum Gasteiger partial charge on any atom is 0.0972 e. The summed E-state index contributed by atoms with van der Waals surface area (Å²) in [6.07, 6.45) is 3.65. The highest BCUT2D eigenvalue weighted by Gasteiger charge is 2.31. The lowest BCUT2D eigenvalue weighted by atomic mass is 9.82. The van der Waals surface area contributed by atoms with Crippen molar-refractivity contribution in [3.8, 4) is 112 Å². The van der Waals surface area contributed by atoms with Crippen LogP contribution in [-0.2, 0) is 0 Å². The van der Waals surface area contributed by atoms with Crippen LogP contribution >= 0.6 is 0 Å². The second-order valence-electron chi connectivity index (χ2n) is 19.7. The van der Waals surface area contributed by atoms with E-state index in [1.165, 1.54) is 71.6 Å². The molecule has 0 spiro atoms. The fraction of sp³-hybridized carbons (Fsp3) is 0. The Morgan fingerprint density at radius 3 is 1.38 bits per heavy atom. The Morgan fingerprint density at radius 1 is 0.224 bits per heavy atom. The van der Waals surface area contributed by atoms with Crippen LogP contribution in [0.25, 0.3) is 155 Å². The van der Waals surface area contributed by atoms with Crippen molar-refractivity contribution < 1.29 is 0 Å². The first-order valence-corrected chi connectivity index (χ1v) is 25.8. The summed E-state index contributed by atoms with van der Waals surface area (Å²) in [7, 11) is 0. The van der Waals surface area contributed by atoms with Crippen molar-refractivity contribution in [2.45, 2.75) is 0 Å². The van der Waals surface area contributed by atoms with Gasteiger partial charge in [-0.2, -0.15) is 0 Å². The molecule has 1 aliphatic rings. The predicted molar refractivity (Wildman–Crippen MR) is 316 cm³/mol. The monoisotopic (exact) mass is 964 g/mol. The van der Waals surface area contributed by atoms with Gasteiger partial charge in [0.15, 0.2) is 0 Å². The molecule has 1 aliphatic carbocycles. The number of aromatic nitrogens is 4. The van der Waals surface area contributed by atoms with Crippen molar-refractivity contribution in [1.82, 2.24) is 19.9 Å². The predicted octanol–water partition coefficient (Wildman–Crippen LogP) is 18.9. The number of benzene rings is 10. The molecule has 0 atom stereocenters. The molecule has 76 heavy (non-hydrogen) atoms. The van der Waals surface area contributed by atoms with Gasteiger partial charge in [-0.1, -0.05) is 200 Å². The van der Waals surface area contributed by atoms with Gasteiger partial charge in [0.05, 0.1) is 33.8 Å². The van der Waals surface area contributed by atoms with Crippen LogP contribution in [0.2, 0.25) is 0 Å². The first kappa shape index (κ1) is 43.4. The molecule has 352 valence electrons. The van der Waals surface area contributed by atoms with Crippen LogP contribution in [0.1, 0.15) is 0 Å². The summed E-state index contributed by atoms with van der Waals surface area (Å²) in [6.45, 7) is 0. The third kappa shape index (κ3) is 7.22. The average molecular weight is 965 g/mol. The molecule has 10 aromatic carbocycles. The molecule has 4 nitrogen and oxygen atoms in total. The molecule has 14 aromatic rings. The number of pyridine rings is 4. The topological polar surface area (TPSA) is 51.6 Å². The molecule has 0 aliphatic heterocycles. The van der Waals surface area contributed by atoms with E-state index < -0.39 is 0 Å². The van der Waals surface area contributed by atoms with Gasteiger partial charge in [0, 0.05) is 34.3 Å². The highest BCUT2D eigenvalue weighted by molar-refractivity contribution is 6.29. The van der Waals surface area contributed by atoms with Gasteiger partial charge >= 0.3 is 0 Å². The van der Waals surface area contributed by atoms with E-state index in [9.17, 15) is 0 Å². The van der Waals surface area contributed by atoms with Crippen molar-refractivity contribution in [3.05, 3.63) is 267 Å². The van der Waals surface area contributed by atoms with Crippen molar-refractivity contribution in [3.63, 3.8) is 0 Å². The van der Waals surface area contributed by atoms with Crippen molar-refractivity contribution in [1.29, 1.82) is 0 Å².